The lowest BCUT2D eigenvalue weighted by molar-refractivity contribution is -0.113. The van der Waals surface area contributed by atoms with E-state index in [0.717, 1.165) is 22.5 Å². The molecule has 0 bridgehead atoms. The number of carbonyl (C=O) groups is 1. The van der Waals surface area contributed by atoms with Gasteiger partial charge in [-0.2, -0.15) is 0 Å². The topological polar surface area (TPSA) is 73.0 Å². The molecule has 2 aromatic carbocycles. The molecule has 0 spiro atoms. The monoisotopic (exact) mass is 404 g/mol. The van der Waals surface area contributed by atoms with Gasteiger partial charge >= 0.3 is 0 Å². The van der Waals surface area contributed by atoms with Crippen LogP contribution in [0.2, 0.25) is 0 Å². The Morgan fingerprint density at radius 1 is 1.07 bits per heavy atom. The van der Waals surface area contributed by atoms with E-state index in [-0.39, 0.29) is 11.7 Å². The number of aromatic nitrogens is 3. The fourth-order valence-electron chi connectivity index (χ4n) is 2.93. The summed E-state index contributed by atoms with van der Waals surface area (Å²) in [4.78, 5) is 12.5. The van der Waals surface area contributed by atoms with Gasteiger partial charge in [-0.05, 0) is 55.3 Å². The van der Waals surface area contributed by atoms with Crippen LogP contribution < -0.4 is 5.32 Å². The summed E-state index contributed by atoms with van der Waals surface area (Å²) in [6, 6.07) is 19.4. The molecule has 4 aromatic rings. The summed E-state index contributed by atoms with van der Waals surface area (Å²) in [6.45, 7) is 3.98. The van der Waals surface area contributed by atoms with Crippen LogP contribution in [0.25, 0.3) is 17.3 Å². The average molecular weight is 404 g/mol. The number of hydrogen-bond acceptors (Lipinski definition) is 5. The number of para-hydroxylation sites is 1. The lowest BCUT2D eigenvalue weighted by atomic mass is 10.1. The number of aryl methyl sites for hydroxylation is 2. The maximum Gasteiger partial charge on any atom is 0.234 e. The van der Waals surface area contributed by atoms with Gasteiger partial charge in [0.2, 0.25) is 11.7 Å². The van der Waals surface area contributed by atoms with Gasteiger partial charge in [0.1, 0.15) is 0 Å². The zero-order chi connectivity index (χ0) is 20.2. The van der Waals surface area contributed by atoms with Crippen LogP contribution in [0.3, 0.4) is 0 Å². The maximum absolute atomic E-state index is 12.5. The third-order valence-corrected chi connectivity index (χ3v) is 5.32. The van der Waals surface area contributed by atoms with Crippen molar-refractivity contribution in [1.82, 2.24) is 14.8 Å². The van der Waals surface area contributed by atoms with Crippen LogP contribution in [0, 0.1) is 13.8 Å². The Bertz CT molecular complexity index is 1120. The Balaban J connectivity index is 1.56. The van der Waals surface area contributed by atoms with Crippen molar-refractivity contribution in [2.75, 3.05) is 11.1 Å². The predicted molar refractivity (Wildman–Crippen MR) is 114 cm³/mol. The average Bonchev–Trinajstić information content (AvgIpc) is 3.39. The third-order valence-electron chi connectivity index (χ3n) is 4.39. The van der Waals surface area contributed by atoms with Gasteiger partial charge in [0.25, 0.3) is 0 Å². The Morgan fingerprint density at radius 3 is 2.66 bits per heavy atom. The van der Waals surface area contributed by atoms with Crippen molar-refractivity contribution in [2.24, 2.45) is 0 Å². The molecule has 0 aliphatic heterocycles. The van der Waals surface area contributed by atoms with Crippen LogP contribution in [-0.4, -0.2) is 26.4 Å². The first-order valence-electron chi connectivity index (χ1n) is 9.16. The van der Waals surface area contributed by atoms with Crippen molar-refractivity contribution >= 4 is 23.4 Å². The minimum Gasteiger partial charge on any atom is -0.461 e. The molecule has 0 saturated carbocycles. The number of benzene rings is 2. The van der Waals surface area contributed by atoms with Gasteiger partial charge in [-0.1, -0.05) is 42.1 Å². The van der Waals surface area contributed by atoms with E-state index in [1.54, 1.807) is 6.26 Å². The molecule has 0 aliphatic carbocycles. The van der Waals surface area contributed by atoms with Gasteiger partial charge in [0, 0.05) is 11.4 Å². The summed E-state index contributed by atoms with van der Waals surface area (Å²) in [5, 5.41) is 12.2. The number of carbonyl (C=O) groups excluding carboxylic acids is 1. The number of nitrogens with zero attached hydrogens (tertiary/aromatic N) is 3. The summed E-state index contributed by atoms with van der Waals surface area (Å²) in [5.74, 6) is 1.34. The molecule has 146 valence electrons. The molecular weight excluding hydrogens is 384 g/mol. The standard InChI is InChI=1S/C22H20N4O2S/c1-15-10-11-16(2)18(13-15)23-20(27)14-29-22-25-24-21(19-9-6-12-28-19)26(22)17-7-4-3-5-8-17/h3-13H,14H2,1-2H3,(H,23,27). The van der Waals surface area contributed by atoms with E-state index < -0.39 is 0 Å². The van der Waals surface area contributed by atoms with E-state index in [0.29, 0.717) is 16.7 Å². The number of furan rings is 1. The van der Waals surface area contributed by atoms with Crippen molar-refractivity contribution < 1.29 is 9.21 Å². The summed E-state index contributed by atoms with van der Waals surface area (Å²) in [5.41, 5.74) is 3.87. The zero-order valence-corrected chi connectivity index (χ0v) is 16.9. The minimum atomic E-state index is -0.0918. The molecule has 2 heterocycles. The number of amides is 1. The maximum atomic E-state index is 12.5. The Labute approximate surface area is 173 Å². The first-order chi connectivity index (χ1) is 14.1. The normalized spacial score (nSPS) is 10.8. The molecule has 7 heteroatoms. The van der Waals surface area contributed by atoms with Gasteiger partial charge in [-0.3, -0.25) is 9.36 Å². The second kappa shape index (κ2) is 8.36. The quantitative estimate of drug-likeness (QED) is 0.464. The molecule has 29 heavy (non-hydrogen) atoms. The van der Waals surface area contributed by atoms with E-state index in [1.807, 2.05) is 79.1 Å². The van der Waals surface area contributed by atoms with E-state index in [9.17, 15) is 4.79 Å². The minimum absolute atomic E-state index is 0.0918. The molecule has 0 fully saturated rings. The highest BCUT2D eigenvalue weighted by molar-refractivity contribution is 7.99. The van der Waals surface area contributed by atoms with Crippen molar-refractivity contribution in [3.05, 3.63) is 78.1 Å². The smallest absolute Gasteiger partial charge is 0.234 e. The van der Waals surface area contributed by atoms with Crippen molar-refractivity contribution in [3.8, 4) is 17.3 Å². The molecule has 0 radical (unpaired) electrons. The van der Waals surface area contributed by atoms with E-state index in [4.69, 9.17) is 4.42 Å². The highest BCUT2D eigenvalue weighted by Crippen LogP contribution is 2.28. The largest absolute Gasteiger partial charge is 0.461 e. The summed E-state index contributed by atoms with van der Waals surface area (Å²) < 4.78 is 7.41. The lowest BCUT2D eigenvalue weighted by Gasteiger charge is -2.10. The van der Waals surface area contributed by atoms with Crippen LogP contribution >= 0.6 is 11.8 Å². The third kappa shape index (κ3) is 4.25. The molecule has 0 aliphatic rings. The van der Waals surface area contributed by atoms with Gasteiger partial charge in [-0.25, -0.2) is 0 Å². The lowest BCUT2D eigenvalue weighted by Crippen LogP contribution is -2.15. The van der Waals surface area contributed by atoms with Gasteiger partial charge in [-0.15, -0.1) is 10.2 Å². The fourth-order valence-corrected chi connectivity index (χ4v) is 3.68. The molecule has 1 amide bonds. The number of thioether (sulfide) groups is 1. The summed E-state index contributed by atoms with van der Waals surface area (Å²) >= 11 is 1.33. The molecule has 0 atom stereocenters. The second-order valence-corrected chi connectivity index (χ2v) is 7.55. The number of hydrogen-bond donors (Lipinski definition) is 1. The molecule has 0 saturated heterocycles. The van der Waals surface area contributed by atoms with Crippen LogP contribution in [-0.2, 0) is 4.79 Å². The number of anilines is 1. The van der Waals surface area contributed by atoms with E-state index in [2.05, 4.69) is 15.5 Å². The van der Waals surface area contributed by atoms with Crippen molar-refractivity contribution in [3.63, 3.8) is 0 Å². The van der Waals surface area contributed by atoms with Crippen molar-refractivity contribution in [2.45, 2.75) is 19.0 Å². The Morgan fingerprint density at radius 2 is 1.90 bits per heavy atom. The van der Waals surface area contributed by atoms with Gasteiger partial charge in [0.15, 0.2) is 10.9 Å². The second-order valence-electron chi connectivity index (χ2n) is 6.61. The van der Waals surface area contributed by atoms with Gasteiger partial charge < -0.3 is 9.73 Å². The van der Waals surface area contributed by atoms with Crippen LogP contribution in [0.5, 0.6) is 0 Å². The van der Waals surface area contributed by atoms with Crippen molar-refractivity contribution in [1.29, 1.82) is 0 Å². The molecule has 4 rings (SSSR count). The van der Waals surface area contributed by atoms with E-state index in [1.165, 1.54) is 11.8 Å². The molecule has 0 unspecified atom stereocenters. The van der Waals surface area contributed by atoms with Crippen LogP contribution in [0.15, 0.2) is 76.5 Å². The Hall–Kier alpha value is -3.32. The van der Waals surface area contributed by atoms with Gasteiger partial charge in [0.05, 0.1) is 12.0 Å². The molecule has 6 nitrogen and oxygen atoms in total. The summed E-state index contributed by atoms with van der Waals surface area (Å²) in [6.07, 6.45) is 1.60. The number of nitrogens with one attached hydrogen (secondary N) is 1. The Kier molecular flexibility index (Phi) is 5.48. The molecule has 1 N–H and O–H groups in total. The highest BCUT2D eigenvalue weighted by Gasteiger charge is 2.19. The zero-order valence-electron chi connectivity index (χ0n) is 16.1. The molecule has 2 aromatic heterocycles. The van der Waals surface area contributed by atoms with Crippen LogP contribution in [0.4, 0.5) is 5.69 Å². The number of rotatable bonds is 6. The highest BCUT2D eigenvalue weighted by atomic mass is 32.2. The molecular formula is C22H20N4O2S. The first kappa shape index (κ1) is 19.0. The predicted octanol–water partition coefficient (Wildman–Crippen LogP) is 4.87. The fraction of sp³-hybridized carbons (Fsp3) is 0.136. The summed E-state index contributed by atoms with van der Waals surface area (Å²) in [7, 11) is 0. The first-order valence-corrected chi connectivity index (χ1v) is 10.1. The SMILES string of the molecule is Cc1ccc(C)c(NC(=O)CSc2nnc(-c3ccco3)n2-c2ccccc2)c1. The van der Waals surface area contributed by atoms with E-state index >= 15 is 0 Å². The van der Waals surface area contributed by atoms with Crippen LogP contribution in [0.1, 0.15) is 11.1 Å².